The van der Waals surface area contributed by atoms with E-state index in [1.807, 2.05) is 37.3 Å². The van der Waals surface area contributed by atoms with E-state index < -0.39 is 0 Å². The molecular formula is C17H17N3O2. The molecule has 0 aliphatic rings. The Labute approximate surface area is 128 Å². The molecule has 22 heavy (non-hydrogen) atoms. The van der Waals surface area contributed by atoms with Gasteiger partial charge in [0.25, 0.3) is 5.91 Å². The summed E-state index contributed by atoms with van der Waals surface area (Å²) in [5.41, 5.74) is 3.28. The Kier molecular flexibility index (Phi) is 3.78. The van der Waals surface area contributed by atoms with Crippen molar-refractivity contribution < 1.29 is 9.21 Å². The topological polar surface area (TPSA) is 67.2 Å². The van der Waals surface area contributed by atoms with E-state index in [-0.39, 0.29) is 5.91 Å². The first-order valence-electron chi connectivity index (χ1n) is 7.07. The van der Waals surface area contributed by atoms with Crippen LogP contribution in [0.1, 0.15) is 21.7 Å². The fourth-order valence-electron chi connectivity index (χ4n) is 2.34. The number of aryl methyl sites for hydroxylation is 1. The van der Waals surface area contributed by atoms with Crippen LogP contribution in [-0.2, 0) is 6.54 Å². The normalized spacial score (nSPS) is 10.6. The molecule has 0 atom stereocenters. The van der Waals surface area contributed by atoms with Crippen molar-refractivity contribution in [2.75, 3.05) is 12.4 Å². The molecule has 0 aliphatic heterocycles. The molecule has 3 rings (SSSR count). The van der Waals surface area contributed by atoms with Crippen molar-refractivity contribution in [3.8, 4) is 0 Å². The highest BCUT2D eigenvalue weighted by atomic mass is 16.3. The number of furan rings is 1. The Hall–Kier alpha value is -2.82. The summed E-state index contributed by atoms with van der Waals surface area (Å²) in [4.78, 5) is 15.8. The van der Waals surface area contributed by atoms with Crippen LogP contribution in [-0.4, -0.2) is 17.9 Å². The fourth-order valence-corrected chi connectivity index (χ4v) is 2.34. The molecule has 2 aromatic heterocycles. The van der Waals surface area contributed by atoms with E-state index in [2.05, 4.69) is 15.6 Å². The van der Waals surface area contributed by atoms with Gasteiger partial charge in [0.05, 0.1) is 6.54 Å². The van der Waals surface area contributed by atoms with Gasteiger partial charge in [-0.25, -0.2) is 4.98 Å². The predicted molar refractivity (Wildman–Crippen MR) is 85.9 cm³/mol. The van der Waals surface area contributed by atoms with Gasteiger partial charge in [0.15, 0.2) is 0 Å². The summed E-state index contributed by atoms with van der Waals surface area (Å²) in [7, 11) is 1.62. The highest BCUT2D eigenvalue weighted by molar-refractivity contribution is 5.94. The van der Waals surface area contributed by atoms with Gasteiger partial charge < -0.3 is 15.1 Å². The molecule has 112 valence electrons. The highest BCUT2D eigenvalue weighted by Crippen LogP contribution is 2.20. The van der Waals surface area contributed by atoms with E-state index in [1.165, 1.54) is 0 Å². The van der Waals surface area contributed by atoms with Gasteiger partial charge in [-0.3, -0.25) is 4.79 Å². The van der Waals surface area contributed by atoms with E-state index in [0.717, 1.165) is 22.4 Å². The summed E-state index contributed by atoms with van der Waals surface area (Å²) in [6.07, 6.45) is 1.71. The van der Waals surface area contributed by atoms with Gasteiger partial charge in [-0.2, -0.15) is 0 Å². The summed E-state index contributed by atoms with van der Waals surface area (Å²) < 4.78 is 5.67. The van der Waals surface area contributed by atoms with Crippen molar-refractivity contribution in [1.82, 2.24) is 10.3 Å². The smallest absolute Gasteiger partial charge is 0.251 e. The third-order valence-electron chi connectivity index (χ3n) is 3.51. The molecule has 3 aromatic rings. The third-order valence-corrected chi connectivity index (χ3v) is 3.51. The van der Waals surface area contributed by atoms with Crippen molar-refractivity contribution in [2.24, 2.45) is 0 Å². The Bertz CT molecular complexity index is 791. The molecule has 1 aromatic carbocycles. The number of carbonyl (C=O) groups excluding carboxylic acids is 1. The maximum absolute atomic E-state index is 11.6. The second-order valence-corrected chi connectivity index (χ2v) is 5.07. The van der Waals surface area contributed by atoms with Crippen molar-refractivity contribution >= 4 is 22.7 Å². The first-order valence-corrected chi connectivity index (χ1v) is 7.07. The standard InChI is InChI=1S/C17H17N3O2/c1-11-8-12(16(21)18-2)5-6-15(11)20-10-14-9-13-4-3-7-19-17(13)22-14/h3-9,20H,10H2,1-2H3,(H,18,21). The van der Waals surface area contributed by atoms with E-state index >= 15 is 0 Å². The monoisotopic (exact) mass is 295 g/mol. The summed E-state index contributed by atoms with van der Waals surface area (Å²) in [5, 5.41) is 6.93. The van der Waals surface area contributed by atoms with E-state index in [1.54, 1.807) is 19.3 Å². The molecule has 0 spiro atoms. The number of anilines is 1. The van der Waals surface area contributed by atoms with Gasteiger partial charge in [-0.05, 0) is 48.9 Å². The second-order valence-electron chi connectivity index (χ2n) is 5.07. The minimum Gasteiger partial charge on any atom is -0.441 e. The van der Waals surface area contributed by atoms with Gasteiger partial charge in [0.2, 0.25) is 5.71 Å². The molecule has 5 nitrogen and oxygen atoms in total. The molecular weight excluding hydrogens is 278 g/mol. The summed E-state index contributed by atoms with van der Waals surface area (Å²) in [6, 6.07) is 11.4. The zero-order valence-corrected chi connectivity index (χ0v) is 12.5. The Morgan fingerprint density at radius 2 is 2.14 bits per heavy atom. The van der Waals surface area contributed by atoms with Crippen molar-refractivity contribution in [1.29, 1.82) is 0 Å². The molecule has 0 saturated carbocycles. The van der Waals surface area contributed by atoms with E-state index in [9.17, 15) is 4.79 Å². The van der Waals surface area contributed by atoms with E-state index in [4.69, 9.17) is 4.42 Å². The van der Waals surface area contributed by atoms with Crippen molar-refractivity contribution in [3.63, 3.8) is 0 Å². The van der Waals surface area contributed by atoms with Gasteiger partial charge >= 0.3 is 0 Å². The summed E-state index contributed by atoms with van der Waals surface area (Å²) in [6.45, 7) is 2.53. The second kappa shape index (κ2) is 5.89. The van der Waals surface area contributed by atoms with Gasteiger partial charge in [-0.1, -0.05) is 0 Å². The number of benzene rings is 1. The fraction of sp³-hybridized carbons (Fsp3) is 0.176. The maximum Gasteiger partial charge on any atom is 0.251 e. The number of fused-ring (bicyclic) bond motifs is 1. The minimum absolute atomic E-state index is 0.0852. The summed E-state index contributed by atoms with van der Waals surface area (Å²) in [5.74, 6) is 0.737. The number of rotatable bonds is 4. The SMILES string of the molecule is CNC(=O)c1ccc(NCc2cc3cccnc3o2)c(C)c1. The number of carbonyl (C=O) groups is 1. The Morgan fingerprint density at radius 3 is 2.86 bits per heavy atom. The lowest BCUT2D eigenvalue weighted by atomic mass is 10.1. The lowest BCUT2D eigenvalue weighted by Crippen LogP contribution is -2.17. The number of nitrogens with zero attached hydrogens (tertiary/aromatic N) is 1. The first kappa shape index (κ1) is 14.1. The number of aromatic nitrogens is 1. The third kappa shape index (κ3) is 2.79. The number of amides is 1. The summed E-state index contributed by atoms with van der Waals surface area (Å²) >= 11 is 0. The van der Waals surface area contributed by atoms with Crippen LogP contribution >= 0.6 is 0 Å². The van der Waals surface area contributed by atoms with Crippen LogP contribution in [0.3, 0.4) is 0 Å². The molecule has 2 N–H and O–H groups in total. The Morgan fingerprint density at radius 1 is 1.27 bits per heavy atom. The van der Waals surface area contributed by atoms with Crippen molar-refractivity contribution in [3.05, 3.63) is 59.5 Å². The van der Waals surface area contributed by atoms with Gasteiger partial charge in [-0.15, -0.1) is 0 Å². The molecule has 1 amide bonds. The molecule has 0 saturated heterocycles. The molecule has 0 aliphatic carbocycles. The van der Waals surface area contributed by atoms with Crippen LogP contribution in [0.5, 0.6) is 0 Å². The molecule has 0 fully saturated rings. The number of pyridine rings is 1. The molecule has 0 bridgehead atoms. The van der Waals surface area contributed by atoms with Gasteiger partial charge in [0.1, 0.15) is 5.76 Å². The van der Waals surface area contributed by atoms with Crippen LogP contribution in [0.4, 0.5) is 5.69 Å². The average Bonchev–Trinajstić information content (AvgIpc) is 2.95. The van der Waals surface area contributed by atoms with Crippen LogP contribution in [0.15, 0.2) is 47.0 Å². The lowest BCUT2D eigenvalue weighted by Gasteiger charge is -2.09. The average molecular weight is 295 g/mol. The Balaban J connectivity index is 1.74. The van der Waals surface area contributed by atoms with Gasteiger partial charge in [0, 0.05) is 29.9 Å². The van der Waals surface area contributed by atoms with Crippen molar-refractivity contribution in [2.45, 2.75) is 13.5 Å². The molecule has 0 radical (unpaired) electrons. The maximum atomic E-state index is 11.6. The number of hydrogen-bond donors (Lipinski definition) is 2. The van der Waals surface area contributed by atoms with Crippen LogP contribution in [0.2, 0.25) is 0 Å². The predicted octanol–water partition coefficient (Wildman–Crippen LogP) is 3.11. The number of hydrogen-bond acceptors (Lipinski definition) is 4. The zero-order valence-electron chi connectivity index (χ0n) is 12.5. The largest absolute Gasteiger partial charge is 0.441 e. The molecule has 5 heteroatoms. The van der Waals surface area contributed by atoms with E-state index in [0.29, 0.717) is 17.8 Å². The molecule has 2 heterocycles. The lowest BCUT2D eigenvalue weighted by molar-refractivity contribution is 0.0963. The number of nitrogens with one attached hydrogen (secondary N) is 2. The first-order chi connectivity index (χ1) is 10.7. The van der Waals surface area contributed by atoms with Crippen LogP contribution in [0.25, 0.3) is 11.1 Å². The van der Waals surface area contributed by atoms with Crippen LogP contribution in [0, 0.1) is 6.92 Å². The quantitative estimate of drug-likeness (QED) is 0.776. The molecule has 0 unspecified atom stereocenters. The van der Waals surface area contributed by atoms with Crippen LogP contribution < -0.4 is 10.6 Å². The minimum atomic E-state index is -0.0852. The highest BCUT2D eigenvalue weighted by Gasteiger charge is 2.07. The zero-order chi connectivity index (χ0) is 15.5.